The van der Waals surface area contributed by atoms with E-state index in [-0.39, 0.29) is 24.3 Å². The summed E-state index contributed by atoms with van der Waals surface area (Å²) < 4.78 is 16.4. The zero-order valence-electron chi connectivity index (χ0n) is 18.7. The fourth-order valence-corrected chi connectivity index (χ4v) is 4.46. The van der Waals surface area contributed by atoms with Crippen molar-refractivity contribution >= 4 is 11.8 Å². The molecule has 7 heteroatoms. The molecule has 2 aliphatic rings. The van der Waals surface area contributed by atoms with Crippen LogP contribution in [0.1, 0.15) is 24.0 Å². The fraction of sp³-hybridized carbons (Fsp3) is 0.440. The van der Waals surface area contributed by atoms with Gasteiger partial charge < -0.3 is 24.0 Å². The Labute approximate surface area is 188 Å². The maximum atomic E-state index is 13.2. The Morgan fingerprint density at radius 2 is 1.56 bits per heavy atom. The van der Waals surface area contributed by atoms with Crippen molar-refractivity contribution in [3.63, 3.8) is 0 Å². The van der Waals surface area contributed by atoms with Crippen molar-refractivity contribution in [1.82, 2.24) is 9.80 Å². The van der Waals surface area contributed by atoms with Crippen LogP contribution < -0.4 is 14.2 Å². The summed E-state index contributed by atoms with van der Waals surface area (Å²) in [5.41, 5.74) is 2.30. The third kappa shape index (κ3) is 4.82. The first-order valence-corrected chi connectivity index (χ1v) is 11.1. The van der Waals surface area contributed by atoms with Crippen LogP contribution in [0.25, 0.3) is 0 Å². The number of para-hydroxylation sites is 1. The molecule has 1 saturated heterocycles. The third-order valence-corrected chi connectivity index (χ3v) is 6.33. The highest BCUT2D eigenvalue weighted by atomic mass is 16.5. The SMILES string of the molecule is COc1cc2c(cc1OC)CN(C(=O)C1CCN(C(=O)COc3ccccc3)CC1)CC2. The molecule has 4 rings (SSSR count). The molecule has 0 unspecified atom stereocenters. The topological polar surface area (TPSA) is 68.3 Å². The summed E-state index contributed by atoms with van der Waals surface area (Å²) in [7, 11) is 3.25. The lowest BCUT2D eigenvalue weighted by Gasteiger charge is -2.36. The second kappa shape index (κ2) is 9.94. The van der Waals surface area contributed by atoms with E-state index >= 15 is 0 Å². The molecule has 0 aromatic heterocycles. The molecule has 2 aromatic carbocycles. The normalized spacial score (nSPS) is 16.3. The van der Waals surface area contributed by atoms with E-state index in [0.717, 1.165) is 17.7 Å². The van der Waals surface area contributed by atoms with Gasteiger partial charge in [0.2, 0.25) is 5.91 Å². The van der Waals surface area contributed by atoms with Crippen LogP contribution in [0.3, 0.4) is 0 Å². The first-order valence-electron chi connectivity index (χ1n) is 11.1. The largest absolute Gasteiger partial charge is 0.493 e. The van der Waals surface area contributed by atoms with Crippen molar-refractivity contribution in [2.75, 3.05) is 40.5 Å². The zero-order valence-corrected chi connectivity index (χ0v) is 18.7. The van der Waals surface area contributed by atoms with Gasteiger partial charge in [-0.25, -0.2) is 0 Å². The molecule has 0 saturated carbocycles. The number of methoxy groups -OCH3 is 2. The molecule has 2 heterocycles. The second-order valence-electron chi connectivity index (χ2n) is 8.24. The lowest BCUT2D eigenvalue weighted by atomic mass is 9.92. The van der Waals surface area contributed by atoms with Gasteiger partial charge in [-0.05, 0) is 54.7 Å². The Hall–Kier alpha value is -3.22. The molecule has 2 aromatic rings. The Bertz CT molecular complexity index is 954. The standard InChI is InChI=1S/C25H30N2O5/c1-30-22-14-19-10-13-27(16-20(19)15-23(22)31-2)25(29)18-8-11-26(12-9-18)24(28)17-32-21-6-4-3-5-7-21/h3-7,14-15,18H,8-13,16-17H2,1-2H3. The molecule has 0 aliphatic carbocycles. The summed E-state index contributed by atoms with van der Waals surface area (Å²) in [5.74, 6) is 2.19. The van der Waals surface area contributed by atoms with Crippen molar-refractivity contribution in [2.24, 2.45) is 5.92 Å². The van der Waals surface area contributed by atoms with Crippen LogP contribution in [0.4, 0.5) is 0 Å². The van der Waals surface area contributed by atoms with Gasteiger partial charge in [0, 0.05) is 32.1 Å². The molecule has 7 nitrogen and oxygen atoms in total. The fourth-order valence-electron chi connectivity index (χ4n) is 4.46. The third-order valence-electron chi connectivity index (χ3n) is 6.33. The number of carbonyl (C=O) groups is 2. The molecule has 170 valence electrons. The molecule has 0 atom stereocenters. The van der Waals surface area contributed by atoms with E-state index in [9.17, 15) is 9.59 Å². The Morgan fingerprint density at radius 3 is 2.22 bits per heavy atom. The Balaban J connectivity index is 1.29. The Kier molecular flexibility index (Phi) is 6.83. The number of carbonyl (C=O) groups excluding carboxylic acids is 2. The average molecular weight is 439 g/mol. The molecule has 0 N–H and O–H groups in total. The highest BCUT2D eigenvalue weighted by molar-refractivity contribution is 5.81. The van der Waals surface area contributed by atoms with Crippen molar-refractivity contribution in [2.45, 2.75) is 25.8 Å². The van der Waals surface area contributed by atoms with Gasteiger partial charge in [0.25, 0.3) is 5.91 Å². The van der Waals surface area contributed by atoms with Gasteiger partial charge in [-0.3, -0.25) is 9.59 Å². The molecular formula is C25H30N2O5. The van der Waals surface area contributed by atoms with Gasteiger partial charge >= 0.3 is 0 Å². The van der Waals surface area contributed by atoms with E-state index in [1.54, 1.807) is 19.1 Å². The lowest BCUT2D eigenvalue weighted by molar-refractivity contribution is -0.142. The summed E-state index contributed by atoms with van der Waals surface area (Å²) in [4.78, 5) is 29.4. The van der Waals surface area contributed by atoms with Crippen LogP contribution in [-0.2, 0) is 22.6 Å². The van der Waals surface area contributed by atoms with Gasteiger partial charge in [0.05, 0.1) is 14.2 Å². The number of hydrogen-bond donors (Lipinski definition) is 0. The van der Waals surface area contributed by atoms with Crippen molar-refractivity contribution in [3.05, 3.63) is 53.6 Å². The van der Waals surface area contributed by atoms with E-state index in [2.05, 4.69) is 0 Å². The van der Waals surface area contributed by atoms with Gasteiger partial charge in [0.15, 0.2) is 18.1 Å². The minimum Gasteiger partial charge on any atom is -0.493 e. The first kappa shape index (κ1) is 22.0. The second-order valence-corrected chi connectivity index (χ2v) is 8.24. The molecule has 0 spiro atoms. The smallest absolute Gasteiger partial charge is 0.260 e. The molecule has 1 fully saturated rings. The molecule has 2 aliphatic heterocycles. The monoisotopic (exact) mass is 438 g/mol. The molecular weight excluding hydrogens is 408 g/mol. The minimum atomic E-state index is -0.0456. The molecule has 2 amide bonds. The van der Waals surface area contributed by atoms with E-state index < -0.39 is 0 Å². The van der Waals surface area contributed by atoms with Gasteiger partial charge in [-0.15, -0.1) is 0 Å². The number of ether oxygens (including phenoxy) is 3. The van der Waals surface area contributed by atoms with E-state index in [1.807, 2.05) is 47.4 Å². The number of fused-ring (bicyclic) bond motifs is 1. The highest BCUT2D eigenvalue weighted by Gasteiger charge is 2.32. The average Bonchev–Trinajstić information content (AvgIpc) is 2.86. The molecule has 32 heavy (non-hydrogen) atoms. The number of piperidine rings is 1. The predicted octanol–water partition coefficient (Wildman–Crippen LogP) is 2.91. The van der Waals surface area contributed by atoms with Crippen LogP contribution in [-0.4, -0.2) is 62.1 Å². The number of rotatable bonds is 6. The van der Waals surface area contributed by atoms with E-state index in [4.69, 9.17) is 14.2 Å². The summed E-state index contributed by atoms with van der Waals surface area (Å²) in [6.45, 7) is 2.48. The first-order chi connectivity index (χ1) is 15.6. The zero-order chi connectivity index (χ0) is 22.5. The summed E-state index contributed by atoms with van der Waals surface area (Å²) in [6.07, 6.45) is 2.17. The number of benzene rings is 2. The van der Waals surface area contributed by atoms with Crippen molar-refractivity contribution in [3.8, 4) is 17.2 Å². The maximum Gasteiger partial charge on any atom is 0.260 e. The summed E-state index contributed by atoms with van der Waals surface area (Å²) >= 11 is 0. The van der Waals surface area contributed by atoms with Gasteiger partial charge in [0.1, 0.15) is 5.75 Å². The summed E-state index contributed by atoms with van der Waals surface area (Å²) in [5, 5.41) is 0. The Morgan fingerprint density at radius 1 is 0.906 bits per heavy atom. The van der Waals surface area contributed by atoms with E-state index in [1.165, 1.54) is 5.56 Å². The van der Waals surface area contributed by atoms with Gasteiger partial charge in [-0.1, -0.05) is 18.2 Å². The quantitative estimate of drug-likeness (QED) is 0.694. The minimum absolute atomic E-state index is 0.0246. The molecule has 0 radical (unpaired) electrons. The van der Waals surface area contributed by atoms with Crippen LogP contribution in [0, 0.1) is 5.92 Å². The molecule has 0 bridgehead atoms. The number of amides is 2. The van der Waals surface area contributed by atoms with Crippen LogP contribution in [0.15, 0.2) is 42.5 Å². The van der Waals surface area contributed by atoms with E-state index in [0.29, 0.717) is 50.5 Å². The van der Waals surface area contributed by atoms with Crippen LogP contribution >= 0.6 is 0 Å². The lowest BCUT2D eigenvalue weighted by Crippen LogP contribution is -2.46. The number of likely N-dealkylation sites (tertiary alicyclic amines) is 1. The van der Waals surface area contributed by atoms with Crippen LogP contribution in [0.2, 0.25) is 0 Å². The number of nitrogens with zero attached hydrogens (tertiary/aromatic N) is 2. The van der Waals surface area contributed by atoms with Crippen molar-refractivity contribution in [1.29, 1.82) is 0 Å². The van der Waals surface area contributed by atoms with Crippen LogP contribution in [0.5, 0.6) is 17.2 Å². The summed E-state index contributed by atoms with van der Waals surface area (Å²) in [6, 6.07) is 13.3. The highest BCUT2D eigenvalue weighted by Crippen LogP contribution is 2.34. The number of hydrogen-bond acceptors (Lipinski definition) is 5. The van der Waals surface area contributed by atoms with Crippen molar-refractivity contribution < 1.29 is 23.8 Å². The van der Waals surface area contributed by atoms with Gasteiger partial charge in [-0.2, -0.15) is 0 Å². The predicted molar refractivity (Wildman–Crippen MR) is 120 cm³/mol. The maximum absolute atomic E-state index is 13.2.